The van der Waals surface area contributed by atoms with Crippen molar-refractivity contribution < 1.29 is 39.5 Å². The number of rotatable bonds is 9. The van der Waals surface area contributed by atoms with Crippen molar-refractivity contribution in [3.05, 3.63) is 200 Å². The van der Waals surface area contributed by atoms with Crippen molar-refractivity contribution in [2.24, 2.45) is 0 Å². The number of anilines is 4. The van der Waals surface area contributed by atoms with E-state index >= 15 is 0 Å². The van der Waals surface area contributed by atoms with E-state index < -0.39 is 60.4 Å². The van der Waals surface area contributed by atoms with Crippen LogP contribution < -0.4 is 14.5 Å². The van der Waals surface area contributed by atoms with Gasteiger partial charge in [-0.25, -0.2) is 4.98 Å². The molecule has 2 saturated carbocycles. The maximum atomic E-state index is 9.11. The second-order valence-electron chi connectivity index (χ2n) is 16.7. The predicted octanol–water partition coefficient (Wildman–Crippen LogP) is 15.6. The first-order valence-corrected chi connectivity index (χ1v) is 21.8. The molecule has 0 atom stereocenters. The van der Waals surface area contributed by atoms with Crippen molar-refractivity contribution in [3.63, 3.8) is 0 Å². The first-order chi connectivity index (χ1) is 35.4. The minimum Gasteiger partial charge on any atom is -0.509 e. The molecule has 0 radical (unpaired) electrons. The van der Waals surface area contributed by atoms with Crippen molar-refractivity contribution in [2.45, 2.75) is 63.2 Å². The van der Waals surface area contributed by atoms with Gasteiger partial charge in [0.25, 0.3) is 0 Å². The van der Waals surface area contributed by atoms with E-state index in [-0.39, 0.29) is 54.9 Å². The Hall–Kier alpha value is -6.42. The standard InChI is InChI=1S/C58H47N4O.Pt/c1-3-20-42(21-4-1)49-25-15-26-50(43-22-5-2-6-23-43)58(49)61-39-60(54-28-13-14-29-55(54)61)46-34-45(41-18-9-10-19-41)35-48(37-46)63-47-30-31-52-51-24-11-12-27-53(51)62(56(52)38-47)57-36-44(32-33-59-57)40-16-7-8-17-40;/h1-6,11-15,20-36,39-41H,7-10,16-19H2;/q-3;/i1D,2D,3D,4D,5D,6D,20D,21D,22D,23D;. The summed E-state index contributed by atoms with van der Waals surface area (Å²) in [5.74, 6) is 2.58. The van der Waals surface area contributed by atoms with Crippen LogP contribution in [0.1, 0.15) is 88.0 Å². The summed E-state index contributed by atoms with van der Waals surface area (Å²) in [7, 11) is 0. The zero-order valence-corrected chi connectivity index (χ0v) is 37.1. The zero-order valence-electron chi connectivity index (χ0n) is 44.8. The predicted molar refractivity (Wildman–Crippen MR) is 258 cm³/mol. The van der Waals surface area contributed by atoms with Crippen molar-refractivity contribution in [1.29, 1.82) is 0 Å². The van der Waals surface area contributed by atoms with Crippen molar-refractivity contribution >= 4 is 44.6 Å². The molecule has 0 N–H and O–H groups in total. The fourth-order valence-electron chi connectivity index (χ4n) is 10.0. The number of ether oxygens (including phenoxy) is 1. The average molecular weight is 1020 g/mol. The third-order valence-electron chi connectivity index (χ3n) is 13.0. The molecule has 0 bridgehead atoms. The van der Waals surface area contributed by atoms with Gasteiger partial charge in [-0.3, -0.25) is 0 Å². The van der Waals surface area contributed by atoms with Crippen LogP contribution in [0.3, 0.4) is 0 Å². The first-order valence-electron chi connectivity index (χ1n) is 26.8. The van der Waals surface area contributed by atoms with Gasteiger partial charge < -0.3 is 19.1 Å². The molecular weight excluding hydrogens is 964 g/mol. The van der Waals surface area contributed by atoms with E-state index in [1.165, 1.54) is 31.2 Å². The minimum absolute atomic E-state index is 0. The molecule has 2 fully saturated rings. The van der Waals surface area contributed by atoms with E-state index in [0.717, 1.165) is 58.9 Å². The molecule has 3 heterocycles. The molecule has 12 rings (SSSR count). The molecule has 64 heavy (non-hydrogen) atoms. The molecule has 2 aromatic heterocycles. The van der Waals surface area contributed by atoms with Crippen LogP contribution in [0.5, 0.6) is 11.5 Å². The van der Waals surface area contributed by atoms with E-state index in [1.54, 1.807) is 23.1 Å². The zero-order chi connectivity index (χ0) is 50.4. The number of benzene rings is 7. The Bertz CT molecular complexity index is 3580. The Kier molecular flexibility index (Phi) is 8.27. The smallest absolute Gasteiger partial charge is 0.135 e. The van der Waals surface area contributed by atoms with Gasteiger partial charge in [0.1, 0.15) is 5.82 Å². The fraction of sp³-hybridized carbons (Fsp3) is 0.172. The van der Waals surface area contributed by atoms with Crippen LogP contribution >= 0.6 is 0 Å². The summed E-state index contributed by atoms with van der Waals surface area (Å²) in [4.78, 5) is 8.66. The number of para-hydroxylation sites is 4. The van der Waals surface area contributed by atoms with E-state index in [9.17, 15) is 0 Å². The molecule has 0 saturated heterocycles. The third-order valence-corrected chi connectivity index (χ3v) is 13.0. The Morgan fingerprint density at radius 3 is 1.94 bits per heavy atom. The Balaban J connectivity index is 0.00000588. The van der Waals surface area contributed by atoms with Crippen LogP contribution in [0.15, 0.2) is 170 Å². The maximum Gasteiger partial charge on any atom is 0.135 e. The summed E-state index contributed by atoms with van der Waals surface area (Å²) in [6, 6.07) is 35.6. The molecule has 0 spiro atoms. The molecule has 0 unspecified atom stereocenters. The van der Waals surface area contributed by atoms with Gasteiger partial charge in [0.05, 0.1) is 13.7 Å². The monoisotopic (exact) mass is 1020 g/mol. The van der Waals surface area contributed by atoms with E-state index in [2.05, 4.69) is 59.2 Å². The summed E-state index contributed by atoms with van der Waals surface area (Å²) in [5.41, 5.74) is 6.65. The number of aromatic nitrogens is 2. The Morgan fingerprint density at radius 1 is 0.594 bits per heavy atom. The number of pyridine rings is 1. The van der Waals surface area contributed by atoms with Gasteiger partial charge in [-0.2, -0.15) is 6.07 Å². The quantitative estimate of drug-likeness (QED) is 0.135. The molecule has 318 valence electrons. The summed E-state index contributed by atoms with van der Waals surface area (Å²) in [6.45, 7) is 1.81. The third kappa shape index (κ3) is 7.30. The van der Waals surface area contributed by atoms with Gasteiger partial charge >= 0.3 is 0 Å². The Morgan fingerprint density at radius 2 is 1.23 bits per heavy atom. The maximum absolute atomic E-state index is 9.11. The van der Waals surface area contributed by atoms with E-state index in [1.807, 2.05) is 60.2 Å². The van der Waals surface area contributed by atoms with E-state index in [0.29, 0.717) is 34.5 Å². The normalized spacial score (nSPS) is 17.4. The van der Waals surface area contributed by atoms with Gasteiger partial charge in [0.2, 0.25) is 0 Å². The molecule has 2 aliphatic carbocycles. The number of nitrogens with zero attached hydrogens (tertiary/aromatic N) is 4. The van der Waals surface area contributed by atoms with Crippen LogP contribution in [0.4, 0.5) is 22.7 Å². The Labute approximate surface area is 404 Å². The number of hydrogen-bond donors (Lipinski definition) is 0. The van der Waals surface area contributed by atoms with Gasteiger partial charge in [-0.05, 0) is 89.9 Å². The molecule has 7 aromatic carbocycles. The summed E-state index contributed by atoms with van der Waals surface area (Å²) >= 11 is 0. The molecule has 1 aliphatic heterocycles. The van der Waals surface area contributed by atoms with Crippen LogP contribution in [0, 0.1) is 18.8 Å². The molecular formula is C58H47N4OPt-3. The van der Waals surface area contributed by atoms with Gasteiger partial charge in [0.15, 0.2) is 0 Å². The molecule has 9 aromatic rings. The second kappa shape index (κ2) is 17.3. The topological polar surface area (TPSA) is 33.5 Å². The van der Waals surface area contributed by atoms with Crippen LogP contribution in [0.2, 0.25) is 0 Å². The van der Waals surface area contributed by atoms with Crippen LogP contribution in [-0.4, -0.2) is 9.55 Å². The second-order valence-corrected chi connectivity index (χ2v) is 16.7. The number of fused-ring (bicyclic) bond motifs is 4. The van der Waals surface area contributed by atoms with E-state index in [4.69, 9.17) is 23.4 Å². The molecule has 3 aliphatic rings. The summed E-state index contributed by atoms with van der Waals surface area (Å²) < 4.78 is 96.8. The SMILES string of the molecule is [2H]c1c([2H])c([2H])c(-c2cccc(-c3c([2H])c([2H])c([2H])c([2H])c3[2H])c2N2[CH-]N(c3[c-]c(Oc4[c-]c5c(cc4)c4ccccc4n5-c4cc(C5CCCC5)ccn4)cc(C4CCCC4)c3)c3ccccc32)c([2H])c1[2H].[Pt]. The van der Waals surface area contributed by atoms with Crippen molar-refractivity contribution in [2.75, 3.05) is 9.80 Å². The van der Waals surface area contributed by atoms with Gasteiger partial charge in [-0.1, -0.05) is 140 Å². The fourth-order valence-corrected chi connectivity index (χ4v) is 10.0. The van der Waals surface area contributed by atoms with Crippen molar-refractivity contribution in [3.8, 4) is 39.6 Å². The summed E-state index contributed by atoms with van der Waals surface area (Å²) in [6.07, 6.45) is 10.9. The van der Waals surface area contributed by atoms with Crippen LogP contribution in [-0.2, 0) is 21.1 Å². The van der Waals surface area contributed by atoms with Crippen LogP contribution in [0.25, 0.3) is 49.9 Å². The van der Waals surface area contributed by atoms with Gasteiger partial charge in [-0.15, -0.1) is 53.6 Å². The van der Waals surface area contributed by atoms with Crippen molar-refractivity contribution in [1.82, 2.24) is 9.55 Å². The average Bonchev–Trinajstić information content (AvgIpc) is 4.27. The molecule has 6 heteroatoms. The number of hydrogen-bond acceptors (Lipinski definition) is 4. The molecule has 5 nitrogen and oxygen atoms in total. The minimum atomic E-state index is -0.553. The largest absolute Gasteiger partial charge is 0.509 e. The summed E-state index contributed by atoms with van der Waals surface area (Å²) in [5, 5.41) is 2.11. The van der Waals surface area contributed by atoms with Gasteiger partial charge in [0, 0.05) is 72.5 Å². The molecule has 0 amide bonds. The first kappa shape index (κ1) is 30.6.